The molecule has 1 aromatic heterocycles. The average Bonchev–Trinajstić information content (AvgIpc) is 2.46. The number of piperazine rings is 1. The number of benzene rings is 1. The zero-order valence-corrected chi connectivity index (χ0v) is 13.4. The van der Waals surface area contributed by atoms with Crippen molar-refractivity contribution in [2.24, 2.45) is 5.41 Å². The summed E-state index contributed by atoms with van der Waals surface area (Å²) in [6, 6.07) is 11.6. The maximum atomic E-state index is 4.62. The van der Waals surface area contributed by atoms with E-state index in [1.165, 1.54) is 11.1 Å². The van der Waals surface area contributed by atoms with E-state index in [0.29, 0.717) is 12.1 Å². The number of anilines is 1. The molecule has 0 aliphatic carbocycles. The predicted molar refractivity (Wildman–Crippen MR) is 89.8 cm³/mol. The topological polar surface area (TPSA) is 28.2 Å². The lowest BCUT2D eigenvalue weighted by atomic mass is 9.84. The Bertz CT molecular complexity index is 630. The Kier molecular flexibility index (Phi) is 3.62. The number of hydrogen-bond acceptors (Lipinski definition) is 3. The summed E-state index contributed by atoms with van der Waals surface area (Å²) in [6.45, 7) is 11.2. The summed E-state index contributed by atoms with van der Waals surface area (Å²) in [4.78, 5) is 7.11. The highest BCUT2D eigenvalue weighted by molar-refractivity contribution is 5.81. The fraction of sp³-hybridized carbons (Fsp3) is 0.500. The number of pyridine rings is 1. The highest BCUT2D eigenvalue weighted by Crippen LogP contribution is 2.28. The van der Waals surface area contributed by atoms with Gasteiger partial charge in [-0.2, -0.15) is 0 Å². The van der Waals surface area contributed by atoms with Crippen molar-refractivity contribution < 1.29 is 0 Å². The van der Waals surface area contributed by atoms with Crippen LogP contribution in [0.5, 0.6) is 0 Å². The van der Waals surface area contributed by atoms with Crippen molar-refractivity contribution in [2.45, 2.75) is 39.8 Å². The monoisotopic (exact) mass is 283 g/mol. The van der Waals surface area contributed by atoms with E-state index in [1.54, 1.807) is 0 Å². The Morgan fingerprint density at radius 2 is 2.00 bits per heavy atom. The molecule has 2 unspecified atom stereocenters. The van der Waals surface area contributed by atoms with Gasteiger partial charge in [-0.15, -0.1) is 0 Å². The van der Waals surface area contributed by atoms with Crippen LogP contribution in [0.3, 0.4) is 0 Å². The van der Waals surface area contributed by atoms with Crippen LogP contribution in [0, 0.1) is 5.41 Å². The summed E-state index contributed by atoms with van der Waals surface area (Å²) in [5.74, 6) is 0. The van der Waals surface area contributed by atoms with Crippen LogP contribution in [-0.4, -0.2) is 30.2 Å². The van der Waals surface area contributed by atoms with Gasteiger partial charge in [0.1, 0.15) is 0 Å². The fourth-order valence-corrected chi connectivity index (χ4v) is 3.02. The van der Waals surface area contributed by atoms with E-state index in [0.717, 1.165) is 18.6 Å². The largest absolute Gasteiger partial charge is 0.365 e. The van der Waals surface area contributed by atoms with Gasteiger partial charge in [-0.05, 0) is 24.5 Å². The minimum Gasteiger partial charge on any atom is -0.365 e. The van der Waals surface area contributed by atoms with E-state index in [2.05, 4.69) is 67.2 Å². The molecule has 1 N–H and O–H groups in total. The number of nitrogens with one attached hydrogen (secondary N) is 1. The second kappa shape index (κ2) is 5.30. The number of rotatable bonds is 1. The lowest BCUT2D eigenvalue weighted by molar-refractivity contribution is 0.239. The molecule has 112 valence electrons. The molecule has 0 radical (unpaired) electrons. The van der Waals surface area contributed by atoms with Crippen molar-refractivity contribution in [3.8, 4) is 0 Å². The van der Waals surface area contributed by atoms with E-state index in [-0.39, 0.29) is 5.41 Å². The van der Waals surface area contributed by atoms with E-state index in [9.17, 15) is 0 Å². The van der Waals surface area contributed by atoms with E-state index < -0.39 is 0 Å². The highest BCUT2D eigenvalue weighted by Gasteiger charge is 2.32. The van der Waals surface area contributed by atoms with Gasteiger partial charge in [0.25, 0.3) is 0 Å². The molecule has 0 spiro atoms. The quantitative estimate of drug-likeness (QED) is 0.869. The fourth-order valence-electron chi connectivity index (χ4n) is 3.02. The Morgan fingerprint density at radius 1 is 1.24 bits per heavy atom. The molecule has 3 rings (SSSR count). The molecule has 1 aliphatic heterocycles. The van der Waals surface area contributed by atoms with Gasteiger partial charge in [0, 0.05) is 30.6 Å². The SMILES string of the molecule is CC1CNC(C(C)(C)C)CN1c1cnc2ccccc2c1. The Balaban J connectivity index is 1.92. The molecule has 0 bridgehead atoms. The molecule has 0 saturated carbocycles. The molecule has 2 aromatic rings. The molecule has 3 heteroatoms. The van der Waals surface area contributed by atoms with Crippen LogP contribution in [0.15, 0.2) is 36.5 Å². The number of para-hydroxylation sites is 1. The standard InChI is InChI=1S/C18H25N3/c1-13-10-20-17(18(2,3)4)12-21(13)15-9-14-7-5-6-8-16(14)19-11-15/h5-9,11,13,17,20H,10,12H2,1-4H3. The molecule has 1 fully saturated rings. The third-order valence-corrected chi connectivity index (χ3v) is 4.52. The maximum Gasteiger partial charge on any atom is 0.0703 e. The van der Waals surface area contributed by atoms with Gasteiger partial charge in [0.2, 0.25) is 0 Å². The van der Waals surface area contributed by atoms with E-state index in [1.807, 2.05) is 12.3 Å². The van der Waals surface area contributed by atoms with Crippen molar-refractivity contribution in [1.82, 2.24) is 10.3 Å². The lowest BCUT2D eigenvalue weighted by Gasteiger charge is -2.45. The average molecular weight is 283 g/mol. The van der Waals surface area contributed by atoms with Gasteiger partial charge >= 0.3 is 0 Å². The zero-order valence-electron chi connectivity index (χ0n) is 13.4. The summed E-state index contributed by atoms with van der Waals surface area (Å²) in [5, 5.41) is 4.90. The molecule has 1 saturated heterocycles. The molecular weight excluding hydrogens is 258 g/mol. The smallest absolute Gasteiger partial charge is 0.0703 e. The molecular formula is C18H25N3. The molecule has 1 aromatic carbocycles. The van der Waals surface area contributed by atoms with Crippen LogP contribution < -0.4 is 10.2 Å². The molecule has 1 aliphatic rings. The molecule has 2 atom stereocenters. The Hall–Kier alpha value is -1.61. The van der Waals surface area contributed by atoms with Crippen LogP contribution in [0.4, 0.5) is 5.69 Å². The molecule has 0 amide bonds. The number of hydrogen-bond donors (Lipinski definition) is 1. The first-order valence-electron chi connectivity index (χ1n) is 7.80. The summed E-state index contributed by atoms with van der Waals surface area (Å²) in [5.41, 5.74) is 2.57. The summed E-state index contributed by atoms with van der Waals surface area (Å²) in [6.07, 6.45) is 2.02. The Labute approximate surface area is 127 Å². The lowest BCUT2D eigenvalue weighted by Crippen LogP contribution is -2.59. The van der Waals surface area contributed by atoms with Crippen molar-refractivity contribution >= 4 is 16.6 Å². The van der Waals surface area contributed by atoms with Gasteiger partial charge in [0.15, 0.2) is 0 Å². The predicted octanol–water partition coefficient (Wildman–Crippen LogP) is 3.45. The van der Waals surface area contributed by atoms with Crippen molar-refractivity contribution in [1.29, 1.82) is 0 Å². The summed E-state index contributed by atoms with van der Waals surface area (Å²) >= 11 is 0. The highest BCUT2D eigenvalue weighted by atomic mass is 15.2. The van der Waals surface area contributed by atoms with Crippen molar-refractivity contribution in [3.63, 3.8) is 0 Å². The van der Waals surface area contributed by atoms with Crippen molar-refractivity contribution in [2.75, 3.05) is 18.0 Å². The normalized spacial score (nSPS) is 23.5. The molecule has 3 nitrogen and oxygen atoms in total. The summed E-state index contributed by atoms with van der Waals surface area (Å²) < 4.78 is 0. The summed E-state index contributed by atoms with van der Waals surface area (Å²) in [7, 11) is 0. The van der Waals surface area contributed by atoms with Crippen LogP contribution in [0.25, 0.3) is 10.9 Å². The van der Waals surface area contributed by atoms with Gasteiger partial charge < -0.3 is 10.2 Å². The van der Waals surface area contributed by atoms with E-state index >= 15 is 0 Å². The van der Waals surface area contributed by atoms with Gasteiger partial charge in [-0.25, -0.2) is 0 Å². The zero-order chi connectivity index (χ0) is 15.0. The number of fused-ring (bicyclic) bond motifs is 1. The van der Waals surface area contributed by atoms with Crippen LogP contribution in [0.2, 0.25) is 0 Å². The van der Waals surface area contributed by atoms with Gasteiger partial charge in [0.05, 0.1) is 17.4 Å². The first-order chi connectivity index (χ1) is 9.95. The van der Waals surface area contributed by atoms with E-state index in [4.69, 9.17) is 0 Å². The minimum atomic E-state index is 0.267. The van der Waals surface area contributed by atoms with Crippen LogP contribution >= 0.6 is 0 Å². The first-order valence-corrected chi connectivity index (χ1v) is 7.80. The molecule has 21 heavy (non-hydrogen) atoms. The van der Waals surface area contributed by atoms with Crippen LogP contribution in [-0.2, 0) is 0 Å². The number of aromatic nitrogens is 1. The van der Waals surface area contributed by atoms with Gasteiger partial charge in [-0.1, -0.05) is 39.0 Å². The maximum absolute atomic E-state index is 4.62. The van der Waals surface area contributed by atoms with Crippen LogP contribution in [0.1, 0.15) is 27.7 Å². The minimum absolute atomic E-state index is 0.267. The molecule has 2 heterocycles. The first kappa shape index (κ1) is 14.3. The van der Waals surface area contributed by atoms with Gasteiger partial charge in [-0.3, -0.25) is 4.98 Å². The second-order valence-electron chi connectivity index (χ2n) is 7.21. The third kappa shape index (κ3) is 2.88. The number of nitrogens with zero attached hydrogens (tertiary/aromatic N) is 2. The third-order valence-electron chi connectivity index (χ3n) is 4.52. The Morgan fingerprint density at radius 3 is 2.76 bits per heavy atom. The van der Waals surface area contributed by atoms with Crippen molar-refractivity contribution in [3.05, 3.63) is 36.5 Å². The second-order valence-corrected chi connectivity index (χ2v) is 7.21.